The Morgan fingerprint density at radius 3 is 2.58 bits per heavy atom. The van der Waals surface area contributed by atoms with Crippen molar-refractivity contribution >= 4 is 5.91 Å². The predicted molar refractivity (Wildman–Crippen MR) is 74.4 cm³/mol. The van der Waals surface area contributed by atoms with E-state index in [4.69, 9.17) is 4.74 Å². The standard InChI is InChI=1S/C16H21NO2/c1-11(2)14-9-10-17(14)16(18)13-5-3-4-6-15(13)19-12-7-8-12/h3-6,11-12,14H,7-10H2,1-2H3. The Balaban J connectivity index is 1.79. The Hall–Kier alpha value is -1.51. The lowest BCUT2D eigenvalue weighted by molar-refractivity contribution is 0.0344. The number of ether oxygens (including phenoxy) is 1. The number of nitrogens with zero attached hydrogens (tertiary/aromatic N) is 1. The number of carbonyl (C=O) groups excluding carboxylic acids is 1. The highest BCUT2D eigenvalue weighted by molar-refractivity contribution is 5.97. The molecule has 2 aliphatic rings. The summed E-state index contributed by atoms with van der Waals surface area (Å²) < 4.78 is 5.84. The van der Waals surface area contributed by atoms with Crippen molar-refractivity contribution in [2.45, 2.75) is 45.3 Å². The Morgan fingerprint density at radius 2 is 2.00 bits per heavy atom. The van der Waals surface area contributed by atoms with Crippen LogP contribution in [0.3, 0.4) is 0 Å². The van der Waals surface area contributed by atoms with E-state index in [0.29, 0.717) is 18.1 Å². The van der Waals surface area contributed by atoms with Crippen LogP contribution in [0.2, 0.25) is 0 Å². The first-order chi connectivity index (χ1) is 9.16. The third kappa shape index (κ3) is 2.46. The third-order valence-corrected chi connectivity index (χ3v) is 4.03. The van der Waals surface area contributed by atoms with Crippen molar-refractivity contribution in [3.05, 3.63) is 29.8 Å². The molecule has 1 saturated carbocycles. The molecule has 1 aromatic rings. The first-order valence-electron chi connectivity index (χ1n) is 7.23. The van der Waals surface area contributed by atoms with Gasteiger partial charge in [-0.1, -0.05) is 26.0 Å². The molecule has 102 valence electrons. The largest absolute Gasteiger partial charge is 0.490 e. The molecule has 1 unspecified atom stereocenters. The SMILES string of the molecule is CC(C)C1CCN1C(=O)c1ccccc1OC1CC1. The Kier molecular flexibility index (Phi) is 3.21. The second-order valence-corrected chi connectivity index (χ2v) is 5.91. The quantitative estimate of drug-likeness (QED) is 0.831. The maximum atomic E-state index is 12.6. The van der Waals surface area contributed by atoms with Crippen LogP contribution in [0.25, 0.3) is 0 Å². The lowest BCUT2D eigenvalue weighted by atomic mass is 9.91. The van der Waals surface area contributed by atoms with E-state index in [-0.39, 0.29) is 5.91 Å². The number of amides is 1. The third-order valence-electron chi connectivity index (χ3n) is 4.03. The number of hydrogen-bond donors (Lipinski definition) is 0. The molecule has 3 heteroatoms. The fourth-order valence-corrected chi connectivity index (χ4v) is 2.62. The summed E-state index contributed by atoms with van der Waals surface area (Å²) in [5.41, 5.74) is 0.722. The first kappa shape index (κ1) is 12.5. The van der Waals surface area contributed by atoms with Crippen LogP contribution in [0.5, 0.6) is 5.75 Å². The number of likely N-dealkylation sites (tertiary alicyclic amines) is 1. The molecule has 1 heterocycles. The molecule has 1 saturated heterocycles. The van der Waals surface area contributed by atoms with Gasteiger partial charge in [0.05, 0.1) is 11.7 Å². The van der Waals surface area contributed by atoms with Crippen LogP contribution in [-0.2, 0) is 0 Å². The molecule has 0 radical (unpaired) electrons. The highest BCUT2D eigenvalue weighted by Crippen LogP contribution is 2.32. The van der Waals surface area contributed by atoms with E-state index in [2.05, 4.69) is 13.8 Å². The highest BCUT2D eigenvalue weighted by atomic mass is 16.5. The van der Waals surface area contributed by atoms with Crippen LogP contribution in [0, 0.1) is 5.92 Å². The van der Waals surface area contributed by atoms with Crippen LogP contribution in [0.4, 0.5) is 0 Å². The number of hydrogen-bond acceptors (Lipinski definition) is 2. The molecule has 3 rings (SSSR count). The average molecular weight is 259 g/mol. The van der Waals surface area contributed by atoms with E-state index in [0.717, 1.165) is 37.1 Å². The topological polar surface area (TPSA) is 29.5 Å². The number of rotatable bonds is 4. The Bertz CT molecular complexity index is 479. The Morgan fingerprint density at radius 1 is 1.26 bits per heavy atom. The van der Waals surface area contributed by atoms with Gasteiger partial charge < -0.3 is 9.64 Å². The number of para-hydroxylation sites is 1. The zero-order valence-electron chi connectivity index (χ0n) is 11.6. The van der Waals surface area contributed by atoms with Crippen LogP contribution in [-0.4, -0.2) is 29.5 Å². The van der Waals surface area contributed by atoms with E-state index < -0.39 is 0 Å². The molecule has 0 aromatic heterocycles. The molecule has 3 nitrogen and oxygen atoms in total. The van der Waals surface area contributed by atoms with Crippen molar-refractivity contribution in [1.29, 1.82) is 0 Å². The summed E-state index contributed by atoms with van der Waals surface area (Å²) in [6.45, 7) is 5.23. The summed E-state index contributed by atoms with van der Waals surface area (Å²) >= 11 is 0. The maximum absolute atomic E-state index is 12.6. The second-order valence-electron chi connectivity index (χ2n) is 5.91. The molecule has 1 aliphatic heterocycles. The summed E-state index contributed by atoms with van der Waals surface area (Å²) in [5, 5.41) is 0. The summed E-state index contributed by atoms with van der Waals surface area (Å²) in [5.74, 6) is 1.40. The zero-order chi connectivity index (χ0) is 13.4. The Labute approximate surface area is 114 Å². The molecule has 1 amide bonds. The van der Waals surface area contributed by atoms with Crippen LogP contribution >= 0.6 is 0 Å². The molecule has 0 bridgehead atoms. The molecule has 0 N–H and O–H groups in total. The van der Waals surface area contributed by atoms with Gasteiger partial charge in [0.1, 0.15) is 5.75 Å². The van der Waals surface area contributed by atoms with Crippen LogP contribution in [0.1, 0.15) is 43.5 Å². The van der Waals surface area contributed by atoms with Gasteiger partial charge in [-0.05, 0) is 37.3 Å². The van der Waals surface area contributed by atoms with E-state index in [1.165, 1.54) is 0 Å². The predicted octanol–water partition coefficient (Wildman–Crippen LogP) is 3.10. The normalized spacial score (nSPS) is 22.3. The molecule has 0 spiro atoms. The molecule has 2 fully saturated rings. The molecule has 1 aromatic carbocycles. The van der Waals surface area contributed by atoms with Crippen molar-refractivity contribution in [2.75, 3.05) is 6.54 Å². The second kappa shape index (κ2) is 4.87. The fourth-order valence-electron chi connectivity index (χ4n) is 2.62. The maximum Gasteiger partial charge on any atom is 0.257 e. The average Bonchev–Trinajstić information content (AvgIpc) is 3.11. The lowest BCUT2D eigenvalue weighted by Gasteiger charge is -2.43. The van der Waals surface area contributed by atoms with Gasteiger partial charge in [0.2, 0.25) is 0 Å². The minimum absolute atomic E-state index is 0.126. The van der Waals surface area contributed by atoms with Crippen molar-refractivity contribution in [1.82, 2.24) is 4.90 Å². The van der Waals surface area contributed by atoms with E-state index in [1.54, 1.807) is 0 Å². The van der Waals surface area contributed by atoms with Gasteiger partial charge in [-0.3, -0.25) is 4.79 Å². The minimum atomic E-state index is 0.126. The van der Waals surface area contributed by atoms with Gasteiger partial charge in [-0.15, -0.1) is 0 Å². The summed E-state index contributed by atoms with van der Waals surface area (Å²) in [6, 6.07) is 8.04. The number of benzene rings is 1. The highest BCUT2D eigenvalue weighted by Gasteiger charge is 2.36. The van der Waals surface area contributed by atoms with E-state index >= 15 is 0 Å². The molecule has 1 aliphatic carbocycles. The fraction of sp³-hybridized carbons (Fsp3) is 0.562. The van der Waals surface area contributed by atoms with E-state index in [9.17, 15) is 4.79 Å². The van der Waals surface area contributed by atoms with Gasteiger partial charge in [0.15, 0.2) is 0 Å². The monoisotopic (exact) mass is 259 g/mol. The number of carbonyl (C=O) groups is 1. The van der Waals surface area contributed by atoms with Crippen molar-refractivity contribution < 1.29 is 9.53 Å². The summed E-state index contributed by atoms with van der Waals surface area (Å²) in [6.07, 6.45) is 3.67. The van der Waals surface area contributed by atoms with Gasteiger partial charge in [0.25, 0.3) is 5.91 Å². The zero-order valence-corrected chi connectivity index (χ0v) is 11.6. The van der Waals surface area contributed by atoms with Gasteiger partial charge >= 0.3 is 0 Å². The molecular weight excluding hydrogens is 238 g/mol. The molecular formula is C16H21NO2. The van der Waals surface area contributed by atoms with Crippen molar-refractivity contribution in [2.24, 2.45) is 5.92 Å². The molecule has 19 heavy (non-hydrogen) atoms. The van der Waals surface area contributed by atoms with Crippen LogP contribution < -0.4 is 4.74 Å². The van der Waals surface area contributed by atoms with Gasteiger partial charge in [0, 0.05) is 12.6 Å². The van der Waals surface area contributed by atoms with Crippen LogP contribution in [0.15, 0.2) is 24.3 Å². The molecule has 1 atom stereocenters. The van der Waals surface area contributed by atoms with Crippen molar-refractivity contribution in [3.63, 3.8) is 0 Å². The lowest BCUT2D eigenvalue weighted by Crippen LogP contribution is -2.53. The minimum Gasteiger partial charge on any atom is -0.490 e. The summed E-state index contributed by atoms with van der Waals surface area (Å²) in [7, 11) is 0. The van der Waals surface area contributed by atoms with Crippen molar-refractivity contribution in [3.8, 4) is 5.75 Å². The first-order valence-corrected chi connectivity index (χ1v) is 7.23. The van der Waals surface area contributed by atoms with Gasteiger partial charge in [-0.2, -0.15) is 0 Å². The van der Waals surface area contributed by atoms with Gasteiger partial charge in [-0.25, -0.2) is 0 Å². The summed E-state index contributed by atoms with van der Waals surface area (Å²) in [4.78, 5) is 14.6. The smallest absolute Gasteiger partial charge is 0.257 e. The van der Waals surface area contributed by atoms with E-state index in [1.807, 2.05) is 29.2 Å².